The first kappa shape index (κ1) is 20.4. The number of hydrogen-bond donors (Lipinski definition) is 3. The molecule has 5 aliphatic rings. The first-order chi connectivity index (χ1) is 15.9. The average molecular weight is 450 g/mol. The quantitative estimate of drug-likeness (QED) is 0.603. The summed E-state index contributed by atoms with van der Waals surface area (Å²) in [5.74, 6) is 1.29. The summed E-state index contributed by atoms with van der Waals surface area (Å²) in [4.78, 5) is 20.6. The van der Waals surface area contributed by atoms with Crippen molar-refractivity contribution in [2.75, 3.05) is 36.8 Å². The molecule has 1 unspecified atom stereocenters. The van der Waals surface area contributed by atoms with Crippen LogP contribution < -0.4 is 16.0 Å². The summed E-state index contributed by atoms with van der Waals surface area (Å²) in [5, 5.41) is 16.9. The Morgan fingerprint density at radius 2 is 2.03 bits per heavy atom. The van der Waals surface area contributed by atoms with Gasteiger partial charge in [-0.15, -0.1) is 10.0 Å². The van der Waals surface area contributed by atoms with Crippen molar-refractivity contribution in [2.45, 2.75) is 44.1 Å². The maximum atomic E-state index is 11.6. The number of alkyl carbamates (subject to hydrolysis) is 1. The van der Waals surface area contributed by atoms with E-state index in [-0.39, 0.29) is 16.2 Å². The molecule has 10 heteroatoms. The molecule has 5 aliphatic heterocycles. The summed E-state index contributed by atoms with van der Waals surface area (Å²) in [7, 11) is 0. The second-order valence-electron chi connectivity index (χ2n) is 9.95. The summed E-state index contributed by atoms with van der Waals surface area (Å²) >= 11 is 0. The molecule has 0 bridgehead atoms. The predicted octanol–water partition coefficient (Wildman–Crippen LogP) is 2.74. The number of piperidine rings is 1. The highest BCUT2D eigenvalue weighted by atomic mass is 16.6. The molecule has 1 amide bonds. The maximum Gasteiger partial charge on any atom is 0.407 e. The number of ether oxygens (including phenoxy) is 1. The first-order valence-corrected chi connectivity index (χ1v) is 11.5. The van der Waals surface area contributed by atoms with Gasteiger partial charge in [0, 0.05) is 30.8 Å². The number of anilines is 2. The smallest absolute Gasteiger partial charge is 0.407 e. The summed E-state index contributed by atoms with van der Waals surface area (Å²) < 4.78 is 5.73. The number of guanidine groups is 1. The van der Waals surface area contributed by atoms with Gasteiger partial charge in [-0.1, -0.05) is 19.9 Å². The molecule has 1 aromatic rings. The van der Waals surface area contributed by atoms with Crippen LogP contribution in [0.5, 0.6) is 0 Å². The molecule has 0 aromatic heterocycles. The molecule has 2 saturated heterocycles. The van der Waals surface area contributed by atoms with Gasteiger partial charge in [0.05, 0.1) is 25.8 Å². The van der Waals surface area contributed by atoms with E-state index in [1.165, 1.54) is 5.56 Å². The molecule has 10 nitrogen and oxygen atoms in total. The van der Waals surface area contributed by atoms with Crippen molar-refractivity contribution < 1.29 is 14.2 Å². The van der Waals surface area contributed by atoms with E-state index < -0.39 is 5.60 Å². The standard InChI is InChI=1S/C23H28N8O2/c1-22(2)5-8-25-18-13-16(3-4-17(18)22)27-20-28-19-14-24-9-12-31(19,29-20)30-10-6-23(7-11-30)15-26-21(32)33-23/h3-4,9,12-14,25H,5-8,10-11,15H2,1-2H3,(H-,26,27,29,32)/p+1. The molecule has 1 atom stereocenters. The fourth-order valence-electron chi connectivity index (χ4n) is 5.34. The topological polar surface area (TPSA) is 103 Å². The van der Waals surface area contributed by atoms with Crippen LogP contribution in [0.4, 0.5) is 16.2 Å². The number of amides is 1. The number of quaternary nitrogens is 1. The summed E-state index contributed by atoms with van der Waals surface area (Å²) in [6.45, 7) is 7.55. The van der Waals surface area contributed by atoms with Gasteiger partial charge in [-0.2, -0.15) is 0 Å². The zero-order valence-corrected chi connectivity index (χ0v) is 19.0. The Bertz CT molecular complexity index is 1130. The van der Waals surface area contributed by atoms with Crippen molar-refractivity contribution in [1.82, 2.24) is 10.3 Å². The Kier molecular flexibility index (Phi) is 4.40. The third kappa shape index (κ3) is 3.32. The minimum absolute atomic E-state index is 0.152. The van der Waals surface area contributed by atoms with E-state index in [1.54, 1.807) is 12.4 Å². The highest BCUT2D eigenvalue weighted by Crippen LogP contribution is 2.38. The van der Waals surface area contributed by atoms with Crippen LogP contribution in [0.2, 0.25) is 0 Å². The lowest BCUT2D eigenvalue weighted by Gasteiger charge is -2.41. The van der Waals surface area contributed by atoms with E-state index in [0.29, 0.717) is 12.5 Å². The van der Waals surface area contributed by atoms with Crippen molar-refractivity contribution in [1.29, 1.82) is 0 Å². The van der Waals surface area contributed by atoms with Gasteiger partial charge in [0.2, 0.25) is 0 Å². The van der Waals surface area contributed by atoms with Crippen LogP contribution in [-0.4, -0.2) is 65.6 Å². The SMILES string of the molecule is CC1(C)CCNc2cc(NC3=N[N+]4(N5CCC6(CC5)CNC(=O)O6)C=CN=CC4=N3)ccc21. The van der Waals surface area contributed by atoms with Crippen LogP contribution >= 0.6 is 0 Å². The van der Waals surface area contributed by atoms with Gasteiger partial charge in [-0.05, 0) is 39.3 Å². The molecule has 33 heavy (non-hydrogen) atoms. The van der Waals surface area contributed by atoms with Crippen molar-refractivity contribution in [3.63, 3.8) is 0 Å². The Hall–Kier alpha value is -3.24. The lowest BCUT2D eigenvalue weighted by atomic mass is 9.78. The van der Waals surface area contributed by atoms with Crippen LogP contribution in [0, 0.1) is 0 Å². The van der Waals surface area contributed by atoms with E-state index >= 15 is 0 Å². The van der Waals surface area contributed by atoms with E-state index in [9.17, 15) is 4.79 Å². The molecule has 0 radical (unpaired) electrons. The number of benzene rings is 1. The highest BCUT2D eigenvalue weighted by molar-refractivity contribution is 6.30. The molecule has 172 valence electrons. The molecule has 2 fully saturated rings. The zero-order valence-electron chi connectivity index (χ0n) is 19.0. The molecule has 0 saturated carbocycles. The molecule has 0 aliphatic carbocycles. The van der Waals surface area contributed by atoms with Crippen LogP contribution in [0.25, 0.3) is 0 Å². The van der Waals surface area contributed by atoms with Crippen molar-refractivity contribution in [3.8, 4) is 0 Å². The second-order valence-corrected chi connectivity index (χ2v) is 9.95. The number of rotatable bonds is 2. The number of carbonyl (C=O) groups is 1. The minimum Gasteiger partial charge on any atom is -0.441 e. The Morgan fingerprint density at radius 3 is 2.82 bits per heavy atom. The van der Waals surface area contributed by atoms with Gasteiger partial charge in [0.1, 0.15) is 11.8 Å². The van der Waals surface area contributed by atoms with Gasteiger partial charge in [0.25, 0.3) is 5.96 Å². The lowest BCUT2D eigenvalue weighted by molar-refractivity contribution is -0.919. The number of nitrogens with one attached hydrogen (secondary N) is 3. The van der Waals surface area contributed by atoms with Gasteiger partial charge < -0.3 is 20.7 Å². The number of amidine groups is 1. The number of aliphatic imine (C=N–C) groups is 2. The molecular formula is C23H29N8O2+. The monoisotopic (exact) mass is 449 g/mol. The lowest BCUT2D eigenvalue weighted by Crippen LogP contribution is -2.61. The third-order valence-electron chi connectivity index (χ3n) is 7.37. The van der Waals surface area contributed by atoms with Crippen LogP contribution in [0.1, 0.15) is 38.7 Å². The third-order valence-corrected chi connectivity index (χ3v) is 7.37. The fraction of sp³-hybridized carbons (Fsp3) is 0.478. The van der Waals surface area contributed by atoms with Crippen molar-refractivity contribution in [2.24, 2.45) is 15.1 Å². The second kappa shape index (κ2) is 7.13. The van der Waals surface area contributed by atoms with E-state index in [4.69, 9.17) is 14.8 Å². The van der Waals surface area contributed by atoms with Gasteiger partial charge in [-0.25, -0.2) is 4.79 Å². The molecule has 5 heterocycles. The van der Waals surface area contributed by atoms with Crippen LogP contribution in [-0.2, 0) is 10.2 Å². The molecule has 6 rings (SSSR count). The largest absolute Gasteiger partial charge is 0.441 e. The maximum absolute atomic E-state index is 11.6. The zero-order chi connectivity index (χ0) is 22.7. The van der Waals surface area contributed by atoms with Crippen molar-refractivity contribution >= 4 is 35.5 Å². The number of hydrogen-bond acceptors (Lipinski definition) is 8. The minimum atomic E-state index is -0.411. The molecule has 3 N–H and O–H groups in total. The van der Waals surface area contributed by atoms with Crippen molar-refractivity contribution in [3.05, 3.63) is 36.2 Å². The first-order valence-electron chi connectivity index (χ1n) is 11.5. The molecule has 1 spiro atoms. The Morgan fingerprint density at radius 1 is 1.18 bits per heavy atom. The van der Waals surface area contributed by atoms with Crippen LogP contribution in [0.3, 0.4) is 0 Å². The molecular weight excluding hydrogens is 420 g/mol. The predicted molar refractivity (Wildman–Crippen MR) is 127 cm³/mol. The molecule has 1 aromatic carbocycles. The fourth-order valence-corrected chi connectivity index (χ4v) is 5.34. The number of nitrogens with zero attached hydrogens (tertiary/aromatic N) is 5. The van der Waals surface area contributed by atoms with Gasteiger partial charge in [0.15, 0.2) is 6.20 Å². The van der Waals surface area contributed by atoms with E-state index in [1.807, 2.05) is 6.20 Å². The average Bonchev–Trinajstić information content (AvgIpc) is 3.34. The van der Waals surface area contributed by atoms with Gasteiger partial charge >= 0.3 is 11.9 Å². The van der Waals surface area contributed by atoms with E-state index in [2.05, 4.69) is 58.0 Å². The highest BCUT2D eigenvalue weighted by Gasteiger charge is 2.52. The summed E-state index contributed by atoms with van der Waals surface area (Å²) in [6, 6.07) is 6.41. The summed E-state index contributed by atoms with van der Waals surface area (Å²) in [6.07, 6.45) is 7.75. The number of carbonyl (C=O) groups excluding carboxylic acids is 1. The van der Waals surface area contributed by atoms with Gasteiger partial charge in [-0.3, -0.25) is 4.99 Å². The number of fused-ring (bicyclic) bond motifs is 2. The van der Waals surface area contributed by atoms with Crippen LogP contribution in [0.15, 0.2) is 45.7 Å². The Labute approximate surface area is 192 Å². The summed E-state index contributed by atoms with van der Waals surface area (Å²) in [5.41, 5.74) is 3.19. The normalized spacial score (nSPS) is 28.8. The Balaban J connectivity index is 1.24. The van der Waals surface area contributed by atoms with E-state index in [0.717, 1.165) is 56.1 Å².